The Hall–Kier alpha value is -3.99. The number of methoxy groups -OCH3 is 1. The van der Waals surface area contributed by atoms with Gasteiger partial charge < -0.3 is 9.64 Å². The molecule has 0 N–H and O–H groups in total. The van der Waals surface area contributed by atoms with Gasteiger partial charge in [0, 0.05) is 22.7 Å². The van der Waals surface area contributed by atoms with Crippen molar-refractivity contribution in [3.8, 4) is 0 Å². The lowest BCUT2D eigenvalue weighted by Gasteiger charge is -2.36. The van der Waals surface area contributed by atoms with Crippen molar-refractivity contribution in [2.45, 2.75) is 18.0 Å². The molecule has 3 aromatic rings. The first-order valence-corrected chi connectivity index (χ1v) is 11.0. The summed E-state index contributed by atoms with van der Waals surface area (Å²) in [6.45, 7) is 0. The monoisotopic (exact) mass is 435 g/mol. The summed E-state index contributed by atoms with van der Waals surface area (Å²) >= 11 is 0. The lowest BCUT2D eigenvalue weighted by molar-refractivity contribution is -0.142. The number of ketones is 2. The summed E-state index contributed by atoms with van der Waals surface area (Å²) < 4.78 is 5.27. The highest BCUT2D eigenvalue weighted by atomic mass is 16.5. The first-order chi connectivity index (χ1) is 16.1. The molecule has 1 unspecified atom stereocenters. The van der Waals surface area contributed by atoms with Crippen molar-refractivity contribution in [2.24, 2.45) is 5.41 Å². The van der Waals surface area contributed by atoms with Crippen LogP contribution in [0.15, 0.2) is 84.9 Å². The van der Waals surface area contributed by atoms with Crippen LogP contribution in [0.4, 0.5) is 5.69 Å². The zero-order chi connectivity index (χ0) is 22.7. The number of hydrogen-bond donors (Lipinski definition) is 0. The Bertz CT molecular complexity index is 1310. The smallest absolute Gasteiger partial charge is 0.329 e. The molecule has 1 aliphatic carbocycles. The van der Waals surface area contributed by atoms with E-state index in [1.165, 1.54) is 7.11 Å². The molecule has 0 radical (unpaired) electrons. The number of para-hydroxylation sites is 1. The molecule has 5 nitrogen and oxygen atoms in total. The maximum absolute atomic E-state index is 14.2. The van der Waals surface area contributed by atoms with Crippen molar-refractivity contribution in [1.29, 1.82) is 0 Å². The van der Waals surface area contributed by atoms with Gasteiger partial charge >= 0.3 is 5.97 Å². The number of esters is 1. The Morgan fingerprint density at radius 1 is 0.848 bits per heavy atom. The van der Waals surface area contributed by atoms with Crippen molar-refractivity contribution < 1.29 is 19.1 Å². The minimum Gasteiger partial charge on any atom is -0.467 e. The van der Waals surface area contributed by atoms with Crippen LogP contribution in [0.1, 0.15) is 37.8 Å². The third kappa shape index (κ3) is 2.39. The molecule has 0 saturated carbocycles. The molecule has 1 fully saturated rings. The summed E-state index contributed by atoms with van der Waals surface area (Å²) in [5, 5.41) is 0. The molecular formula is C28H21NO4. The molecule has 0 bridgehead atoms. The van der Waals surface area contributed by atoms with E-state index in [2.05, 4.69) is 0 Å². The number of carbonyl (C=O) groups excluding carboxylic acids is 3. The van der Waals surface area contributed by atoms with Gasteiger partial charge in [0.15, 0.2) is 11.6 Å². The number of benzene rings is 3. The van der Waals surface area contributed by atoms with Crippen LogP contribution >= 0.6 is 0 Å². The van der Waals surface area contributed by atoms with E-state index >= 15 is 0 Å². The maximum atomic E-state index is 14.2. The fourth-order valence-electron chi connectivity index (χ4n) is 6.04. The summed E-state index contributed by atoms with van der Waals surface area (Å²) in [6, 6.07) is 22.6. The summed E-state index contributed by atoms with van der Waals surface area (Å²) in [5.41, 5.74) is 1.88. The topological polar surface area (TPSA) is 63.7 Å². The lowest BCUT2D eigenvalue weighted by atomic mass is 9.65. The minimum atomic E-state index is -1.46. The fraction of sp³-hybridized carbons (Fsp3) is 0.179. The summed E-state index contributed by atoms with van der Waals surface area (Å²) in [6.07, 6.45) is 3.85. The number of nitrogens with zero attached hydrogens (tertiary/aromatic N) is 1. The van der Waals surface area contributed by atoms with E-state index in [0.29, 0.717) is 11.1 Å². The van der Waals surface area contributed by atoms with Crippen LogP contribution in [-0.2, 0) is 9.53 Å². The van der Waals surface area contributed by atoms with Gasteiger partial charge in [0.25, 0.3) is 0 Å². The second-order valence-electron chi connectivity index (χ2n) is 8.70. The van der Waals surface area contributed by atoms with Crippen LogP contribution in [0.2, 0.25) is 0 Å². The molecule has 162 valence electrons. The van der Waals surface area contributed by atoms with Crippen LogP contribution in [0.5, 0.6) is 0 Å². The van der Waals surface area contributed by atoms with Crippen molar-refractivity contribution in [2.75, 3.05) is 12.0 Å². The highest BCUT2D eigenvalue weighted by Crippen LogP contribution is 2.60. The van der Waals surface area contributed by atoms with Crippen LogP contribution in [0.3, 0.4) is 0 Å². The van der Waals surface area contributed by atoms with E-state index in [0.717, 1.165) is 16.8 Å². The number of rotatable bonds is 2. The van der Waals surface area contributed by atoms with Gasteiger partial charge in [-0.15, -0.1) is 0 Å². The summed E-state index contributed by atoms with van der Waals surface area (Å²) in [4.78, 5) is 43.7. The normalized spacial score (nSPS) is 23.9. The minimum absolute atomic E-state index is 0.234. The summed E-state index contributed by atoms with van der Waals surface area (Å²) in [5.74, 6) is -1.64. The van der Waals surface area contributed by atoms with Gasteiger partial charge in [0.1, 0.15) is 11.5 Å². The lowest BCUT2D eigenvalue weighted by Crippen LogP contribution is -2.48. The van der Waals surface area contributed by atoms with Gasteiger partial charge in [-0.05, 0) is 17.2 Å². The quantitative estimate of drug-likeness (QED) is 0.444. The number of hydrogen-bond acceptors (Lipinski definition) is 5. The first-order valence-electron chi connectivity index (χ1n) is 11.0. The fourth-order valence-corrected chi connectivity index (χ4v) is 6.04. The van der Waals surface area contributed by atoms with Crippen LogP contribution in [0.25, 0.3) is 6.08 Å². The van der Waals surface area contributed by atoms with E-state index in [1.54, 1.807) is 24.3 Å². The molecule has 3 aliphatic rings. The molecule has 2 heterocycles. The average Bonchev–Trinajstić information content (AvgIpc) is 3.31. The largest absolute Gasteiger partial charge is 0.467 e. The number of ether oxygens (including phenoxy) is 1. The van der Waals surface area contributed by atoms with Crippen molar-refractivity contribution >= 4 is 29.3 Å². The van der Waals surface area contributed by atoms with E-state index in [9.17, 15) is 14.4 Å². The van der Waals surface area contributed by atoms with Crippen molar-refractivity contribution in [3.05, 3.63) is 107 Å². The number of anilines is 1. The molecule has 0 amide bonds. The van der Waals surface area contributed by atoms with Crippen molar-refractivity contribution in [3.63, 3.8) is 0 Å². The molecule has 3 atom stereocenters. The van der Waals surface area contributed by atoms with Gasteiger partial charge in [0.05, 0.1) is 13.2 Å². The number of Topliss-reactive ketones (excluding diaryl/α,β-unsaturated/α-hetero) is 2. The average molecular weight is 435 g/mol. The molecular weight excluding hydrogens is 414 g/mol. The molecule has 5 heteroatoms. The Balaban J connectivity index is 1.69. The summed E-state index contributed by atoms with van der Waals surface area (Å²) in [7, 11) is 1.35. The van der Waals surface area contributed by atoms with Crippen molar-refractivity contribution in [1.82, 2.24) is 0 Å². The van der Waals surface area contributed by atoms with Crippen LogP contribution in [-0.4, -0.2) is 36.7 Å². The Kier molecular flexibility index (Phi) is 4.18. The molecule has 0 aromatic heterocycles. The molecule has 2 aliphatic heterocycles. The van der Waals surface area contributed by atoms with Crippen LogP contribution < -0.4 is 4.90 Å². The second-order valence-corrected chi connectivity index (χ2v) is 8.70. The molecule has 6 rings (SSSR count). The SMILES string of the molecule is COC(=O)[C@H]1[C@H](c2ccccc2)C2(C(=O)c3ccccc3C2=O)C2C=Cc3ccccc3N21. The van der Waals surface area contributed by atoms with E-state index in [-0.39, 0.29) is 11.6 Å². The first kappa shape index (κ1) is 19.7. The van der Waals surface area contributed by atoms with Crippen LogP contribution in [0, 0.1) is 5.41 Å². The Morgan fingerprint density at radius 3 is 2.12 bits per heavy atom. The van der Waals surface area contributed by atoms with Gasteiger partial charge in [-0.3, -0.25) is 9.59 Å². The molecule has 1 spiro atoms. The second kappa shape index (κ2) is 7.01. The number of carbonyl (C=O) groups is 3. The van der Waals surface area contributed by atoms with E-state index < -0.39 is 29.4 Å². The van der Waals surface area contributed by atoms with E-state index in [4.69, 9.17) is 4.74 Å². The maximum Gasteiger partial charge on any atom is 0.329 e. The van der Waals surface area contributed by atoms with Gasteiger partial charge in [0.2, 0.25) is 0 Å². The zero-order valence-electron chi connectivity index (χ0n) is 18.0. The molecule has 1 saturated heterocycles. The standard InChI is InChI=1S/C28H21NO4/c1-33-27(32)24-23(18-10-3-2-4-11-18)28(25(30)19-12-6-7-13-20(19)26(28)31)22-16-15-17-9-5-8-14-21(17)29(22)24/h2-16,22-24H,1H3/t22?,23-,24+/m0/s1. The number of fused-ring (bicyclic) bond motifs is 5. The predicted octanol–water partition coefficient (Wildman–Crippen LogP) is 4.29. The highest BCUT2D eigenvalue weighted by Gasteiger charge is 2.71. The third-order valence-electron chi connectivity index (χ3n) is 7.31. The highest BCUT2D eigenvalue weighted by molar-refractivity contribution is 6.32. The molecule has 33 heavy (non-hydrogen) atoms. The van der Waals surface area contributed by atoms with E-state index in [1.807, 2.05) is 71.6 Å². The van der Waals surface area contributed by atoms with Gasteiger partial charge in [-0.1, -0.05) is 84.9 Å². The Labute approximate surface area is 191 Å². The van der Waals surface area contributed by atoms with Gasteiger partial charge in [-0.25, -0.2) is 4.79 Å². The Morgan fingerprint density at radius 2 is 1.45 bits per heavy atom. The molecule has 3 aromatic carbocycles. The van der Waals surface area contributed by atoms with Gasteiger partial charge in [-0.2, -0.15) is 0 Å². The third-order valence-corrected chi connectivity index (χ3v) is 7.31. The zero-order valence-corrected chi connectivity index (χ0v) is 18.0. The predicted molar refractivity (Wildman–Crippen MR) is 124 cm³/mol.